The van der Waals surface area contributed by atoms with Gasteiger partial charge < -0.3 is 10.6 Å². The Labute approximate surface area is 125 Å². The molecule has 2 aliphatic rings. The van der Waals surface area contributed by atoms with Gasteiger partial charge in [0.15, 0.2) is 5.96 Å². The molecule has 0 radical (unpaired) electrons. The molecule has 3 nitrogen and oxygen atoms in total. The van der Waals surface area contributed by atoms with Gasteiger partial charge in [-0.05, 0) is 49.8 Å². The molecular formula is C16H22ClN3. The van der Waals surface area contributed by atoms with E-state index in [1.54, 1.807) is 0 Å². The van der Waals surface area contributed by atoms with E-state index in [0.717, 1.165) is 30.6 Å². The largest absolute Gasteiger partial charge is 0.370 e. The first-order valence-electron chi connectivity index (χ1n) is 7.51. The van der Waals surface area contributed by atoms with Crippen LogP contribution in [0.25, 0.3) is 0 Å². The molecule has 108 valence electrons. The van der Waals surface area contributed by atoms with Gasteiger partial charge in [0.25, 0.3) is 0 Å². The first kappa shape index (κ1) is 13.7. The van der Waals surface area contributed by atoms with E-state index in [0.29, 0.717) is 0 Å². The lowest BCUT2D eigenvalue weighted by atomic mass is 9.96. The Balaban J connectivity index is 1.68. The predicted molar refractivity (Wildman–Crippen MR) is 84.3 cm³/mol. The number of benzene rings is 1. The lowest BCUT2D eigenvalue weighted by Crippen LogP contribution is -2.41. The summed E-state index contributed by atoms with van der Waals surface area (Å²) in [7, 11) is 0. The van der Waals surface area contributed by atoms with Gasteiger partial charge in [0.05, 0.1) is 6.54 Å². The minimum atomic E-state index is 0.186. The fraction of sp³-hybridized carbons (Fsp3) is 0.562. The number of rotatable bonds is 3. The van der Waals surface area contributed by atoms with Crippen LogP contribution < -0.4 is 5.73 Å². The highest BCUT2D eigenvalue weighted by molar-refractivity contribution is 6.30. The first-order chi connectivity index (χ1) is 9.70. The Kier molecular flexibility index (Phi) is 3.88. The van der Waals surface area contributed by atoms with Gasteiger partial charge in [0.1, 0.15) is 0 Å². The molecule has 1 aromatic rings. The minimum absolute atomic E-state index is 0.186. The molecule has 4 heteroatoms. The van der Waals surface area contributed by atoms with Crippen molar-refractivity contribution in [3.05, 3.63) is 34.9 Å². The Hall–Kier alpha value is -1.22. The van der Waals surface area contributed by atoms with Crippen LogP contribution in [0, 0.1) is 0 Å². The van der Waals surface area contributed by atoms with Crippen LogP contribution in [0.3, 0.4) is 0 Å². The van der Waals surface area contributed by atoms with E-state index in [2.05, 4.69) is 22.0 Å². The second-order valence-electron chi connectivity index (χ2n) is 6.01. The van der Waals surface area contributed by atoms with Crippen LogP contribution in [0.1, 0.15) is 37.7 Å². The van der Waals surface area contributed by atoms with E-state index in [1.807, 2.05) is 12.1 Å². The normalized spacial score (nSPS) is 21.9. The molecule has 0 spiro atoms. The smallest absolute Gasteiger partial charge is 0.191 e. The van der Waals surface area contributed by atoms with Crippen molar-refractivity contribution < 1.29 is 0 Å². The molecule has 1 saturated carbocycles. The molecule has 2 fully saturated rings. The SMILES string of the molecule is NC(=NCC1(c2cccc(Cl)c2)CC1)N1CCCCC1. The average molecular weight is 292 g/mol. The van der Waals surface area contributed by atoms with E-state index in [9.17, 15) is 0 Å². The number of nitrogens with two attached hydrogens (primary N) is 1. The van der Waals surface area contributed by atoms with Crippen LogP contribution in [-0.4, -0.2) is 30.5 Å². The number of guanidine groups is 1. The quantitative estimate of drug-likeness (QED) is 0.686. The summed E-state index contributed by atoms with van der Waals surface area (Å²) >= 11 is 6.09. The third-order valence-corrected chi connectivity index (χ3v) is 4.75. The van der Waals surface area contributed by atoms with Crippen LogP contribution in [-0.2, 0) is 5.41 Å². The zero-order chi connectivity index (χ0) is 14.0. The van der Waals surface area contributed by atoms with Gasteiger partial charge in [-0.2, -0.15) is 0 Å². The fourth-order valence-electron chi connectivity index (χ4n) is 2.96. The molecule has 1 heterocycles. The van der Waals surface area contributed by atoms with E-state index < -0.39 is 0 Å². The van der Waals surface area contributed by atoms with E-state index in [4.69, 9.17) is 17.3 Å². The van der Waals surface area contributed by atoms with Gasteiger partial charge in [-0.15, -0.1) is 0 Å². The van der Waals surface area contributed by atoms with Crippen molar-refractivity contribution in [1.29, 1.82) is 0 Å². The second-order valence-corrected chi connectivity index (χ2v) is 6.45. The molecule has 0 amide bonds. The van der Waals surface area contributed by atoms with Gasteiger partial charge in [-0.1, -0.05) is 23.7 Å². The van der Waals surface area contributed by atoms with Gasteiger partial charge in [0, 0.05) is 23.5 Å². The zero-order valence-electron chi connectivity index (χ0n) is 11.8. The van der Waals surface area contributed by atoms with Crippen LogP contribution in [0.4, 0.5) is 0 Å². The topological polar surface area (TPSA) is 41.6 Å². The third kappa shape index (κ3) is 2.93. The molecule has 3 rings (SSSR count). The maximum atomic E-state index is 6.14. The number of likely N-dealkylation sites (tertiary alicyclic amines) is 1. The van der Waals surface area contributed by atoms with Crippen molar-refractivity contribution in [2.45, 2.75) is 37.5 Å². The highest BCUT2D eigenvalue weighted by atomic mass is 35.5. The van der Waals surface area contributed by atoms with Crippen LogP contribution >= 0.6 is 11.6 Å². The van der Waals surface area contributed by atoms with E-state index in [1.165, 1.54) is 37.7 Å². The number of hydrogen-bond donors (Lipinski definition) is 1. The van der Waals surface area contributed by atoms with Crippen molar-refractivity contribution in [3.63, 3.8) is 0 Å². The zero-order valence-corrected chi connectivity index (χ0v) is 12.6. The predicted octanol–water partition coefficient (Wildman–Crippen LogP) is 3.17. The second kappa shape index (κ2) is 5.65. The number of nitrogens with zero attached hydrogens (tertiary/aromatic N) is 2. The van der Waals surface area contributed by atoms with Crippen molar-refractivity contribution in [2.24, 2.45) is 10.7 Å². The van der Waals surface area contributed by atoms with Crippen LogP contribution in [0.15, 0.2) is 29.3 Å². The third-order valence-electron chi connectivity index (χ3n) is 4.51. The van der Waals surface area contributed by atoms with Crippen molar-refractivity contribution in [2.75, 3.05) is 19.6 Å². The Morgan fingerprint density at radius 3 is 2.65 bits per heavy atom. The molecule has 1 saturated heterocycles. The summed E-state index contributed by atoms with van der Waals surface area (Å²) < 4.78 is 0. The van der Waals surface area contributed by atoms with Gasteiger partial charge in [0.2, 0.25) is 0 Å². The van der Waals surface area contributed by atoms with Gasteiger partial charge >= 0.3 is 0 Å². The summed E-state index contributed by atoms with van der Waals surface area (Å²) in [4.78, 5) is 6.89. The maximum absolute atomic E-state index is 6.14. The summed E-state index contributed by atoms with van der Waals surface area (Å²) in [6, 6.07) is 8.18. The standard InChI is InChI=1S/C16H22ClN3/c17-14-6-4-5-13(11-14)16(7-8-16)12-19-15(18)20-9-2-1-3-10-20/h4-6,11H,1-3,7-10,12H2,(H2,18,19). The number of hydrogen-bond acceptors (Lipinski definition) is 1. The summed E-state index contributed by atoms with van der Waals surface area (Å²) in [6.45, 7) is 2.90. The summed E-state index contributed by atoms with van der Waals surface area (Å²) in [6.07, 6.45) is 6.15. The average Bonchev–Trinajstić information content (AvgIpc) is 3.27. The molecule has 0 aromatic heterocycles. The van der Waals surface area contributed by atoms with Crippen molar-refractivity contribution >= 4 is 17.6 Å². The Morgan fingerprint density at radius 2 is 2.00 bits per heavy atom. The molecule has 0 bridgehead atoms. The minimum Gasteiger partial charge on any atom is -0.370 e. The molecule has 0 unspecified atom stereocenters. The van der Waals surface area contributed by atoms with E-state index >= 15 is 0 Å². The van der Waals surface area contributed by atoms with E-state index in [-0.39, 0.29) is 5.41 Å². The molecule has 2 N–H and O–H groups in total. The molecule has 1 aliphatic carbocycles. The lowest BCUT2D eigenvalue weighted by molar-refractivity contribution is 0.337. The Morgan fingerprint density at radius 1 is 1.25 bits per heavy atom. The highest BCUT2D eigenvalue weighted by Crippen LogP contribution is 2.48. The highest BCUT2D eigenvalue weighted by Gasteiger charge is 2.44. The Bertz CT molecular complexity index is 502. The van der Waals surface area contributed by atoms with Gasteiger partial charge in [-0.25, -0.2) is 0 Å². The number of piperidine rings is 1. The lowest BCUT2D eigenvalue weighted by Gasteiger charge is -2.28. The number of halogens is 1. The van der Waals surface area contributed by atoms with Crippen LogP contribution in [0.2, 0.25) is 5.02 Å². The summed E-state index contributed by atoms with van der Waals surface area (Å²) in [5.41, 5.74) is 7.63. The van der Waals surface area contributed by atoms with Gasteiger partial charge in [-0.3, -0.25) is 4.99 Å². The molecule has 0 atom stereocenters. The first-order valence-corrected chi connectivity index (χ1v) is 7.88. The summed E-state index contributed by atoms with van der Waals surface area (Å²) in [5.74, 6) is 0.720. The van der Waals surface area contributed by atoms with Crippen molar-refractivity contribution in [3.8, 4) is 0 Å². The molecule has 1 aliphatic heterocycles. The summed E-state index contributed by atoms with van der Waals surface area (Å²) in [5, 5.41) is 0.807. The monoisotopic (exact) mass is 291 g/mol. The maximum Gasteiger partial charge on any atom is 0.191 e. The molecule has 1 aromatic carbocycles. The van der Waals surface area contributed by atoms with Crippen molar-refractivity contribution in [1.82, 2.24) is 4.90 Å². The molecule has 20 heavy (non-hydrogen) atoms. The van der Waals surface area contributed by atoms with Crippen LogP contribution in [0.5, 0.6) is 0 Å². The number of aliphatic imine (C=N–C) groups is 1. The molecular weight excluding hydrogens is 270 g/mol. The fourth-order valence-corrected chi connectivity index (χ4v) is 3.15.